The summed E-state index contributed by atoms with van der Waals surface area (Å²) < 4.78 is 15.3. The van der Waals surface area contributed by atoms with Gasteiger partial charge in [-0.25, -0.2) is 4.79 Å². The zero-order valence-electron chi connectivity index (χ0n) is 16.1. The molecule has 1 unspecified atom stereocenters. The van der Waals surface area contributed by atoms with Crippen LogP contribution in [0.3, 0.4) is 0 Å². The Hall–Kier alpha value is -2.83. The van der Waals surface area contributed by atoms with E-state index in [2.05, 4.69) is 0 Å². The van der Waals surface area contributed by atoms with E-state index in [-0.39, 0.29) is 19.8 Å². The van der Waals surface area contributed by atoms with Crippen molar-refractivity contribution in [2.24, 2.45) is 5.92 Å². The van der Waals surface area contributed by atoms with Crippen LogP contribution in [-0.2, 0) is 23.8 Å². The molecule has 0 spiro atoms. The molecular formula is C20H25NO6. The Kier molecular flexibility index (Phi) is 6.98. The van der Waals surface area contributed by atoms with E-state index < -0.39 is 30.0 Å². The third-order valence-electron chi connectivity index (χ3n) is 4.10. The van der Waals surface area contributed by atoms with Crippen LogP contribution < -0.4 is 4.90 Å². The summed E-state index contributed by atoms with van der Waals surface area (Å²) in [5.74, 6) is -2.79. The zero-order chi connectivity index (χ0) is 20.0. The highest BCUT2D eigenvalue weighted by Gasteiger charge is 2.44. The molecule has 0 N–H and O–H groups in total. The zero-order valence-corrected chi connectivity index (χ0v) is 16.1. The number of rotatable bonds is 6. The number of nitrogens with zero attached hydrogens (tertiary/aromatic N) is 1. The van der Waals surface area contributed by atoms with E-state index in [1.54, 1.807) is 39.0 Å². The fraction of sp³-hybridized carbons (Fsp3) is 0.450. The van der Waals surface area contributed by atoms with Crippen molar-refractivity contribution in [1.82, 2.24) is 0 Å². The van der Waals surface area contributed by atoms with Gasteiger partial charge in [0.05, 0.1) is 31.5 Å². The van der Waals surface area contributed by atoms with Gasteiger partial charge in [-0.2, -0.15) is 0 Å². The average molecular weight is 375 g/mol. The van der Waals surface area contributed by atoms with Crippen LogP contribution in [0.4, 0.5) is 10.5 Å². The van der Waals surface area contributed by atoms with Crippen LogP contribution in [0.5, 0.6) is 0 Å². The van der Waals surface area contributed by atoms with E-state index in [1.165, 1.54) is 4.90 Å². The normalized spacial score (nSPS) is 15.3. The lowest BCUT2D eigenvalue weighted by Crippen LogP contribution is -2.51. The Morgan fingerprint density at radius 3 is 2.15 bits per heavy atom. The molecule has 0 aromatic heterocycles. The first-order valence-electron chi connectivity index (χ1n) is 9.02. The van der Waals surface area contributed by atoms with Crippen LogP contribution in [0.25, 0.3) is 6.08 Å². The topological polar surface area (TPSA) is 82.1 Å². The van der Waals surface area contributed by atoms with Gasteiger partial charge < -0.3 is 14.2 Å². The van der Waals surface area contributed by atoms with E-state index in [9.17, 15) is 14.4 Å². The van der Waals surface area contributed by atoms with Gasteiger partial charge >= 0.3 is 18.0 Å². The van der Waals surface area contributed by atoms with Crippen LogP contribution in [0.1, 0.15) is 31.9 Å². The summed E-state index contributed by atoms with van der Waals surface area (Å²) in [5, 5.41) is 0. The van der Waals surface area contributed by atoms with Crippen LogP contribution in [0, 0.1) is 12.8 Å². The molecule has 0 fully saturated rings. The predicted octanol–water partition coefficient (Wildman–Crippen LogP) is 3.10. The van der Waals surface area contributed by atoms with Gasteiger partial charge in [0.25, 0.3) is 0 Å². The van der Waals surface area contributed by atoms with Crippen molar-refractivity contribution in [3.05, 3.63) is 35.4 Å². The summed E-state index contributed by atoms with van der Waals surface area (Å²) >= 11 is 0. The van der Waals surface area contributed by atoms with Crippen molar-refractivity contribution in [1.29, 1.82) is 0 Å². The number of carbonyl (C=O) groups excluding carboxylic acids is 3. The van der Waals surface area contributed by atoms with Crippen LogP contribution in [-0.4, -0.2) is 43.9 Å². The summed E-state index contributed by atoms with van der Waals surface area (Å²) in [6, 6.07) is 4.63. The monoisotopic (exact) mass is 375 g/mol. The van der Waals surface area contributed by atoms with E-state index >= 15 is 0 Å². The number of fused-ring (bicyclic) bond motifs is 1. The highest BCUT2D eigenvalue weighted by Crippen LogP contribution is 2.34. The molecule has 0 saturated heterocycles. The van der Waals surface area contributed by atoms with Gasteiger partial charge in [0.15, 0.2) is 5.92 Å². The Labute approximate surface area is 158 Å². The molecule has 146 valence electrons. The molecule has 1 aromatic rings. The van der Waals surface area contributed by atoms with Crippen LogP contribution in [0.2, 0.25) is 0 Å². The number of anilines is 1. The Bertz CT molecular complexity index is 724. The highest BCUT2D eigenvalue weighted by molar-refractivity contribution is 6.01. The van der Waals surface area contributed by atoms with E-state index in [1.807, 2.05) is 19.1 Å². The van der Waals surface area contributed by atoms with Gasteiger partial charge in [0.1, 0.15) is 0 Å². The molecule has 2 rings (SSSR count). The summed E-state index contributed by atoms with van der Waals surface area (Å²) in [6.07, 6.45) is 2.78. The van der Waals surface area contributed by atoms with Gasteiger partial charge in [-0.15, -0.1) is 0 Å². The van der Waals surface area contributed by atoms with Crippen molar-refractivity contribution in [3.8, 4) is 0 Å². The van der Waals surface area contributed by atoms with Gasteiger partial charge in [-0.05, 0) is 45.4 Å². The fourth-order valence-corrected chi connectivity index (χ4v) is 2.99. The molecule has 7 heteroatoms. The van der Waals surface area contributed by atoms with Crippen molar-refractivity contribution >= 4 is 29.8 Å². The van der Waals surface area contributed by atoms with Crippen molar-refractivity contribution in [3.63, 3.8) is 0 Å². The summed E-state index contributed by atoms with van der Waals surface area (Å²) in [6.45, 7) is 7.32. The molecule has 1 heterocycles. The molecule has 1 aliphatic rings. The Morgan fingerprint density at radius 2 is 1.59 bits per heavy atom. The summed E-state index contributed by atoms with van der Waals surface area (Å²) in [7, 11) is 0. The maximum Gasteiger partial charge on any atom is 0.414 e. The third-order valence-corrected chi connectivity index (χ3v) is 4.10. The molecule has 0 radical (unpaired) electrons. The lowest BCUT2D eigenvalue weighted by Gasteiger charge is -2.35. The van der Waals surface area contributed by atoms with Gasteiger partial charge in [0, 0.05) is 0 Å². The number of ether oxygens (including phenoxy) is 3. The molecule has 7 nitrogen and oxygen atoms in total. The molecule has 27 heavy (non-hydrogen) atoms. The van der Waals surface area contributed by atoms with Gasteiger partial charge in [-0.3, -0.25) is 14.5 Å². The van der Waals surface area contributed by atoms with E-state index in [4.69, 9.17) is 14.2 Å². The standard InChI is InChI=1S/C20H25NO6/c1-5-25-18(22)17(19(23)26-6-2)16-11-9-14-12-13(4)8-10-15(14)21(16)20(24)27-7-3/h8-12,16-17H,5-7H2,1-4H3. The number of benzene rings is 1. The molecule has 0 aliphatic carbocycles. The highest BCUT2D eigenvalue weighted by atomic mass is 16.6. The minimum Gasteiger partial charge on any atom is -0.465 e. The van der Waals surface area contributed by atoms with Gasteiger partial charge in [-0.1, -0.05) is 23.8 Å². The lowest BCUT2D eigenvalue weighted by molar-refractivity contribution is -0.162. The number of hydrogen-bond donors (Lipinski definition) is 0. The van der Waals surface area contributed by atoms with Crippen molar-refractivity contribution < 1.29 is 28.6 Å². The van der Waals surface area contributed by atoms with Crippen LogP contribution >= 0.6 is 0 Å². The van der Waals surface area contributed by atoms with Crippen molar-refractivity contribution in [2.45, 2.75) is 33.7 Å². The van der Waals surface area contributed by atoms with Gasteiger partial charge in [0.2, 0.25) is 0 Å². The first-order valence-corrected chi connectivity index (χ1v) is 9.02. The first-order chi connectivity index (χ1) is 12.9. The second-order valence-corrected chi connectivity index (χ2v) is 5.96. The number of amides is 1. The lowest BCUT2D eigenvalue weighted by atomic mass is 9.92. The predicted molar refractivity (Wildman–Crippen MR) is 100 cm³/mol. The smallest absolute Gasteiger partial charge is 0.414 e. The summed E-state index contributed by atoms with van der Waals surface area (Å²) in [5.41, 5.74) is 2.38. The third kappa shape index (κ3) is 4.48. The molecule has 1 aliphatic heterocycles. The fourth-order valence-electron chi connectivity index (χ4n) is 2.99. The number of aryl methyl sites for hydroxylation is 1. The molecule has 1 atom stereocenters. The second-order valence-electron chi connectivity index (χ2n) is 5.96. The number of esters is 2. The maximum absolute atomic E-state index is 12.7. The van der Waals surface area contributed by atoms with Crippen molar-refractivity contribution in [2.75, 3.05) is 24.7 Å². The average Bonchev–Trinajstić information content (AvgIpc) is 2.62. The Balaban J connectivity index is 2.52. The van der Waals surface area contributed by atoms with E-state index in [0.717, 1.165) is 11.1 Å². The molecule has 0 saturated carbocycles. The summed E-state index contributed by atoms with van der Waals surface area (Å²) in [4.78, 5) is 39.0. The Morgan fingerprint density at radius 1 is 1.00 bits per heavy atom. The molecule has 1 amide bonds. The minimum atomic E-state index is -1.31. The first kappa shape index (κ1) is 20.5. The minimum absolute atomic E-state index is 0.111. The van der Waals surface area contributed by atoms with Crippen LogP contribution in [0.15, 0.2) is 24.3 Å². The molecule has 0 bridgehead atoms. The number of hydrogen-bond acceptors (Lipinski definition) is 6. The second kappa shape index (κ2) is 9.21. The maximum atomic E-state index is 12.7. The van der Waals surface area contributed by atoms with E-state index in [0.29, 0.717) is 5.69 Å². The number of carbonyl (C=O) groups is 3. The largest absolute Gasteiger partial charge is 0.465 e. The molecule has 1 aromatic carbocycles. The molecular weight excluding hydrogens is 350 g/mol. The SMILES string of the molecule is CCOC(=O)C(C(=O)OCC)C1C=Cc2cc(C)ccc2N1C(=O)OCC. The quantitative estimate of drug-likeness (QED) is 0.432.